The van der Waals surface area contributed by atoms with E-state index in [1.807, 2.05) is 18.2 Å². The summed E-state index contributed by atoms with van der Waals surface area (Å²) in [5.74, 6) is 5.77. The number of carboxylic acids is 1. The lowest BCUT2D eigenvalue weighted by Gasteiger charge is -2.13. The SMILES string of the molecule is CC(C)(C#Cc1ccc(CC(=O)CSc2nnnn2-c2ccc(C3CC3)cc2Cl)c(Cl)c1)CC(=O)O. The van der Waals surface area contributed by atoms with Crippen LogP contribution in [0.2, 0.25) is 10.0 Å². The van der Waals surface area contributed by atoms with Gasteiger partial charge in [0.25, 0.3) is 0 Å². The van der Waals surface area contributed by atoms with Gasteiger partial charge >= 0.3 is 5.97 Å². The van der Waals surface area contributed by atoms with Gasteiger partial charge in [-0.1, -0.05) is 58.9 Å². The van der Waals surface area contributed by atoms with Crippen molar-refractivity contribution in [2.45, 2.75) is 50.6 Å². The Hall–Kier alpha value is -2.86. The third kappa shape index (κ3) is 6.88. The average molecular weight is 543 g/mol. The molecule has 7 nitrogen and oxygen atoms in total. The molecule has 1 saturated carbocycles. The Morgan fingerprint density at radius 2 is 1.94 bits per heavy atom. The molecule has 0 aliphatic heterocycles. The van der Waals surface area contributed by atoms with Crippen LogP contribution in [0.1, 0.15) is 55.7 Å². The van der Waals surface area contributed by atoms with Crippen molar-refractivity contribution in [2.75, 3.05) is 5.75 Å². The van der Waals surface area contributed by atoms with Gasteiger partial charge in [0.2, 0.25) is 5.16 Å². The highest BCUT2D eigenvalue weighted by Gasteiger charge is 2.24. The topological polar surface area (TPSA) is 98.0 Å². The number of aromatic nitrogens is 4. The highest BCUT2D eigenvalue weighted by Crippen LogP contribution is 2.41. The Bertz CT molecular complexity index is 1370. The van der Waals surface area contributed by atoms with E-state index in [2.05, 4.69) is 27.4 Å². The first kappa shape index (κ1) is 26.2. The summed E-state index contributed by atoms with van der Waals surface area (Å²) in [6, 6.07) is 11.1. The second kappa shape index (κ2) is 11.0. The first-order chi connectivity index (χ1) is 17.1. The van der Waals surface area contributed by atoms with E-state index >= 15 is 0 Å². The summed E-state index contributed by atoms with van der Waals surface area (Å²) >= 11 is 14.1. The molecule has 0 bridgehead atoms. The van der Waals surface area contributed by atoms with E-state index in [0.717, 1.165) is 0 Å². The summed E-state index contributed by atoms with van der Waals surface area (Å²) < 4.78 is 1.54. The van der Waals surface area contributed by atoms with Gasteiger partial charge in [0.05, 0.1) is 22.9 Å². The number of hydrogen-bond donors (Lipinski definition) is 1. The highest BCUT2D eigenvalue weighted by molar-refractivity contribution is 7.99. The Kier molecular flexibility index (Phi) is 8.04. The van der Waals surface area contributed by atoms with Crippen LogP contribution in [0, 0.1) is 17.3 Å². The molecule has 0 radical (unpaired) electrons. The molecule has 0 unspecified atom stereocenters. The number of tetrazole rings is 1. The van der Waals surface area contributed by atoms with Crippen molar-refractivity contribution < 1.29 is 14.7 Å². The zero-order chi connectivity index (χ0) is 25.9. The maximum atomic E-state index is 12.7. The molecule has 0 amide bonds. The lowest BCUT2D eigenvalue weighted by Crippen LogP contribution is -2.14. The van der Waals surface area contributed by atoms with Crippen LogP contribution in [-0.4, -0.2) is 42.8 Å². The van der Waals surface area contributed by atoms with E-state index in [1.165, 1.54) is 30.2 Å². The molecule has 1 aliphatic rings. The molecule has 1 heterocycles. The van der Waals surface area contributed by atoms with Crippen molar-refractivity contribution in [3.05, 3.63) is 63.1 Å². The number of carboxylic acid groups (broad SMARTS) is 1. The van der Waals surface area contributed by atoms with Crippen LogP contribution in [0.4, 0.5) is 0 Å². The second-order valence-electron chi connectivity index (χ2n) is 9.37. The number of carbonyl (C=O) groups excluding carboxylic acids is 1. The van der Waals surface area contributed by atoms with Gasteiger partial charge in [-0.05, 0) is 78.4 Å². The van der Waals surface area contributed by atoms with Crippen LogP contribution in [-0.2, 0) is 16.0 Å². The van der Waals surface area contributed by atoms with Gasteiger partial charge in [0.15, 0.2) is 0 Å². The smallest absolute Gasteiger partial charge is 0.304 e. The van der Waals surface area contributed by atoms with Crippen LogP contribution in [0.15, 0.2) is 41.6 Å². The molecule has 0 spiro atoms. The van der Waals surface area contributed by atoms with E-state index in [1.54, 1.807) is 36.7 Å². The molecular formula is C26H24Cl2N4O3S. The van der Waals surface area contributed by atoms with Gasteiger partial charge in [-0.25, -0.2) is 0 Å². The van der Waals surface area contributed by atoms with Gasteiger partial charge in [-0.3, -0.25) is 9.59 Å². The summed E-state index contributed by atoms with van der Waals surface area (Å²) in [6.45, 7) is 3.54. The minimum atomic E-state index is -0.900. The molecule has 36 heavy (non-hydrogen) atoms. The summed E-state index contributed by atoms with van der Waals surface area (Å²) in [5.41, 5.74) is 2.58. The number of rotatable bonds is 9. The van der Waals surface area contributed by atoms with Gasteiger partial charge in [-0.15, -0.1) is 5.10 Å². The lowest BCUT2D eigenvalue weighted by molar-refractivity contribution is -0.138. The van der Waals surface area contributed by atoms with Gasteiger partial charge in [0.1, 0.15) is 5.78 Å². The number of halogens is 2. The highest BCUT2D eigenvalue weighted by atomic mass is 35.5. The van der Waals surface area contributed by atoms with Crippen molar-refractivity contribution in [3.8, 4) is 17.5 Å². The second-order valence-corrected chi connectivity index (χ2v) is 11.1. The van der Waals surface area contributed by atoms with Crippen molar-refractivity contribution in [1.82, 2.24) is 20.2 Å². The molecule has 3 aromatic rings. The minimum Gasteiger partial charge on any atom is -0.481 e. The number of ketones is 1. The largest absolute Gasteiger partial charge is 0.481 e. The third-order valence-electron chi connectivity index (χ3n) is 5.63. The molecular weight excluding hydrogens is 519 g/mol. The minimum absolute atomic E-state index is 0.0342. The first-order valence-electron chi connectivity index (χ1n) is 11.4. The van der Waals surface area contributed by atoms with E-state index in [9.17, 15) is 9.59 Å². The fourth-order valence-electron chi connectivity index (χ4n) is 3.63. The number of carbonyl (C=O) groups is 2. The van der Waals surface area contributed by atoms with E-state index in [4.69, 9.17) is 28.3 Å². The quantitative estimate of drug-likeness (QED) is 0.277. The Balaban J connectivity index is 1.37. The third-order valence-corrected chi connectivity index (χ3v) is 7.26. The summed E-state index contributed by atoms with van der Waals surface area (Å²) in [6.07, 6.45) is 2.48. The zero-order valence-corrected chi connectivity index (χ0v) is 22.1. The van der Waals surface area contributed by atoms with Crippen LogP contribution in [0.25, 0.3) is 5.69 Å². The maximum Gasteiger partial charge on any atom is 0.304 e. The van der Waals surface area contributed by atoms with Crippen molar-refractivity contribution in [3.63, 3.8) is 0 Å². The molecule has 4 rings (SSSR count). The number of thioether (sulfide) groups is 1. The van der Waals surface area contributed by atoms with Crippen LogP contribution < -0.4 is 0 Å². The number of nitrogens with zero attached hydrogens (tertiary/aromatic N) is 4. The monoisotopic (exact) mass is 542 g/mol. The molecule has 1 fully saturated rings. The molecule has 2 aromatic carbocycles. The number of hydrogen-bond acceptors (Lipinski definition) is 6. The molecule has 10 heteroatoms. The molecule has 1 aromatic heterocycles. The molecule has 1 N–H and O–H groups in total. The van der Waals surface area contributed by atoms with E-state index in [-0.39, 0.29) is 24.4 Å². The molecule has 0 atom stereocenters. The van der Waals surface area contributed by atoms with Crippen molar-refractivity contribution >= 4 is 46.7 Å². The van der Waals surface area contributed by atoms with Gasteiger partial charge in [0, 0.05) is 22.4 Å². The number of benzene rings is 2. The Labute approximate surface area is 223 Å². The standard InChI is InChI=1S/C26H24Cl2N4O3S/c1-26(2,14-24(34)35)10-9-16-3-4-19(21(27)11-16)12-20(33)15-36-25-29-30-31-32(25)23-8-7-18(13-22(23)28)17-5-6-17/h3-4,7-8,11,13,17H,5-6,12,14-15H2,1-2H3,(H,34,35). The fourth-order valence-corrected chi connectivity index (χ4v) is 4.89. The molecule has 186 valence electrons. The van der Waals surface area contributed by atoms with Crippen LogP contribution in [0.5, 0.6) is 0 Å². The first-order valence-corrected chi connectivity index (χ1v) is 13.1. The van der Waals surface area contributed by atoms with Crippen molar-refractivity contribution in [2.24, 2.45) is 5.41 Å². The van der Waals surface area contributed by atoms with E-state index in [0.29, 0.717) is 37.9 Å². The number of Topliss-reactive ketones (excluding diaryl/α,β-unsaturated/α-hetero) is 1. The summed E-state index contributed by atoms with van der Waals surface area (Å²) in [4.78, 5) is 23.6. The predicted molar refractivity (Wildman–Crippen MR) is 140 cm³/mol. The lowest BCUT2D eigenvalue weighted by atomic mass is 9.90. The van der Waals surface area contributed by atoms with Crippen molar-refractivity contribution in [1.29, 1.82) is 0 Å². The Morgan fingerprint density at radius 3 is 2.61 bits per heavy atom. The van der Waals surface area contributed by atoms with Crippen LogP contribution >= 0.6 is 35.0 Å². The summed E-state index contributed by atoms with van der Waals surface area (Å²) in [5, 5.41) is 22.3. The van der Waals surface area contributed by atoms with Gasteiger partial charge in [-0.2, -0.15) is 4.68 Å². The fraction of sp³-hybridized carbons (Fsp3) is 0.346. The predicted octanol–water partition coefficient (Wildman–Crippen LogP) is 5.60. The molecule has 0 saturated heterocycles. The normalized spacial score (nSPS) is 13.2. The summed E-state index contributed by atoms with van der Waals surface area (Å²) in [7, 11) is 0. The average Bonchev–Trinajstić information content (AvgIpc) is 3.55. The van der Waals surface area contributed by atoms with Gasteiger partial charge < -0.3 is 5.11 Å². The molecule has 1 aliphatic carbocycles. The zero-order valence-electron chi connectivity index (χ0n) is 19.8. The maximum absolute atomic E-state index is 12.7. The van der Waals surface area contributed by atoms with E-state index < -0.39 is 11.4 Å². The Morgan fingerprint density at radius 1 is 1.17 bits per heavy atom. The number of aliphatic carboxylic acids is 1. The van der Waals surface area contributed by atoms with Crippen LogP contribution in [0.3, 0.4) is 0 Å².